The van der Waals surface area contributed by atoms with E-state index < -0.39 is 5.97 Å². The number of carboxylic acid groups (broad SMARTS) is 1. The molecule has 0 bridgehead atoms. The second-order valence-corrected chi connectivity index (χ2v) is 6.40. The fraction of sp³-hybridized carbons (Fsp3) is 0.533. The quantitative estimate of drug-likeness (QED) is 0.839. The number of hydrogen-bond acceptors (Lipinski definition) is 3. The lowest BCUT2D eigenvalue weighted by Crippen LogP contribution is -2.32. The van der Waals surface area contributed by atoms with E-state index in [0.29, 0.717) is 12.0 Å². The predicted octanol–water partition coefficient (Wildman–Crippen LogP) is 3.47. The molecule has 0 aliphatic carbocycles. The van der Waals surface area contributed by atoms with Crippen LogP contribution in [0.1, 0.15) is 37.1 Å². The third kappa shape index (κ3) is 3.67. The van der Waals surface area contributed by atoms with E-state index >= 15 is 0 Å². The zero-order chi connectivity index (χ0) is 13.8. The zero-order valence-corrected chi connectivity index (χ0v) is 12.3. The van der Waals surface area contributed by atoms with E-state index in [2.05, 4.69) is 18.7 Å². The Morgan fingerprint density at radius 1 is 1.63 bits per heavy atom. The molecule has 1 aliphatic heterocycles. The average molecular weight is 279 g/mol. The van der Waals surface area contributed by atoms with Crippen LogP contribution in [0.15, 0.2) is 17.5 Å². The fourth-order valence-electron chi connectivity index (χ4n) is 2.78. The molecule has 1 aromatic rings. The van der Waals surface area contributed by atoms with Crippen molar-refractivity contribution < 1.29 is 9.90 Å². The summed E-state index contributed by atoms with van der Waals surface area (Å²) in [6, 6.07) is 2.67. The van der Waals surface area contributed by atoms with Crippen molar-refractivity contribution in [2.75, 3.05) is 6.54 Å². The van der Waals surface area contributed by atoms with Crippen molar-refractivity contribution >= 4 is 23.4 Å². The summed E-state index contributed by atoms with van der Waals surface area (Å²) in [5.41, 5.74) is 1.04. The van der Waals surface area contributed by atoms with Gasteiger partial charge in [0.25, 0.3) is 0 Å². The van der Waals surface area contributed by atoms with Crippen molar-refractivity contribution in [3.8, 4) is 0 Å². The Bertz CT molecular complexity index is 464. The monoisotopic (exact) mass is 279 g/mol. The molecule has 0 spiro atoms. The number of hydrogen-bond donors (Lipinski definition) is 1. The van der Waals surface area contributed by atoms with Crippen molar-refractivity contribution in [3.05, 3.63) is 28.0 Å². The first-order chi connectivity index (χ1) is 9.08. The maximum Gasteiger partial charge on any atom is 0.328 e. The van der Waals surface area contributed by atoms with Crippen LogP contribution in [0.2, 0.25) is 0 Å². The van der Waals surface area contributed by atoms with Crippen molar-refractivity contribution in [1.29, 1.82) is 0 Å². The van der Waals surface area contributed by atoms with Crippen LogP contribution in [-0.2, 0) is 11.3 Å². The summed E-state index contributed by atoms with van der Waals surface area (Å²) in [6.45, 7) is 6.66. The minimum Gasteiger partial charge on any atom is -0.478 e. The third-order valence-corrected chi connectivity index (χ3v) is 4.64. The molecule has 4 heteroatoms. The van der Waals surface area contributed by atoms with E-state index in [0.717, 1.165) is 18.7 Å². The Balaban J connectivity index is 2.07. The lowest BCUT2D eigenvalue weighted by atomic mass is 10.0. The molecule has 19 heavy (non-hydrogen) atoms. The molecule has 2 heterocycles. The van der Waals surface area contributed by atoms with E-state index in [4.69, 9.17) is 5.11 Å². The standard InChI is InChI=1S/C15H21NO2S/c1-11(2)13-4-3-8-16(13)10-14-12(7-9-19-14)5-6-15(17)18/h5-7,9,11,13H,3-4,8,10H2,1-2H3,(H,17,18). The van der Waals surface area contributed by atoms with Gasteiger partial charge < -0.3 is 5.11 Å². The van der Waals surface area contributed by atoms with Gasteiger partial charge in [0, 0.05) is 23.5 Å². The molecule has 3 nitrogen and oxygen atoms in total. The predicted molar refractivity (Wildman–Crippen MR) is 79.3 cm³/mol. The lowest BCUT2D eigenvalue weighted by molar-refractivity contribution is -0.131. The first-order valence-corrected chi connectivity index (χ1v) is 7.67. The van der Waals surface area contributed by atoms with E-state index in [9.17, 15) is 4.79 Å². The molecule has 0 amide bonds. The van der Waals surface area contributed by atoms with Gasteiger partial charge in [-0.15, -0.1) is 11.3 Å². The number of likely N-dealkylation sites (tertiary alicyclic amines) is 1. The fourth-order valence-corrected chi connectivity index (χ4v) is 3.67. The lowest BCUT2D eigenvalue weighted by Gasteiger charge is -2.27. The van der Waals surface area contributed by atoms with Gasteiger partial charge >= 0.3 is 5.97 Å². The molecule has 0 aromatic carbocycles. The van der Waals surface area contributed by atoms with Crippen LogP contribution in [0.5, 0.6) is 0 Å². The molecule has 1 N–H and O–H groups in total. The number of thiophene rings is 1. The van der Waals surface area contributed by atoms with Crippen LogP contribution in [0.25, 0.3) is 6.08 Å². The first-order valence-electron chi connectivity index (χ1n) is 6.79. The number of carbonyl (C=O) groups is 1. The van der Waals surface area contributed by atoms with Gasteiger partial charge in [0.15, 0.2) is 0 Å². The molecule has 1 aromatic heterocycles. The van der Waals surface area contributed by atoms with Crippen molar-refractivity contribution in [1.82, 2.24) is 4.90 Å². The van der Waals surface area contributed by atoms with Crippen molar-refractivity contribution in [2.24, 2.45) is 5.92 Å². The molecular weight excluding hydrogens is 258 g/mol. The Labute approximate surface area is 118 Å². The van der Waals surface area contributed by atoms with Crippen LogP contribution in [0.4, 0.5) is 0 Å². The Morgan fingerprint density at radius 2 is 2.42 bits per heavy atom. The summed E-state index contributed by atoms with van der Waals surface area (Å²) in [4.78, 5) is 14.4. The summed E-state index contributed by atoms with van der Waals surface area (Å²) in [5.74, 6) is -0.209. The third-order valence-electron chi connectivity index (χ3n) is 3.72. The zero-order valence-electron chi connectivity index (χ0n) is 11.5. The second kappa shape index (κ2) is 6.35. The maximum absolute atomic E-state index is 10.6. The molecule has 1 unspecified atom stereocenters. The van der Waals surface area contributed by atoms with E-state index in [1.807, 2.05) is 11.4 Å². The largest absolute Gasteiger partial charge is 0.478 e. The van der Waals surface area contributed by atoms with Crippen molar-refractivity contribution in [3.63, 3.8) is 0 Å². The van der Waals surface area contributed by atoms with Gasteiger partial charge in [0.2, 0.25) is 0 Å². The molecular formula is C15H21NO2S. The molecule has 1 fully saturated rings. The highest BCUT2D eigenvalue weighted by Crippen LogP contribution is 2.28. The minimum absolute atomic E-state index is 0.665. The first kappa shape index (κ1) is 14.3. The van der Waals surface area contributed by atoms with Gasteiger partial charge in [0.1, 0.15) is 0 Å². The molecule has 104 valence electrons. The smallest absolute Gasteiger partial charge is 0.328 e. The summed E-state index contributed by atoms with van der Waals surface area (Å²) >= 11 is 1.72. The van der Waals surface area contributed by atoms with Gasteiger partial charge in [-0.2, -0.15) is 0 Å². The SMILES string of the molecule is CC(C)C1CCCN1Cc1sccc1C=CC(=O)O. The van der Waals surface area contributed by atoms with Crippen LogP contribution in [0, 0.1) is 5.92 Å². The average Bonchev–Trinajstić information content (AvgIpc) is 2.96. The summed E-state index contributed by atoms with van der Waals surface area (Å²) in [5, 5.41) is 10.7. The maximum atomic E-state index is 10.6. The molecule has 0 radical (unpaired) electrons. The summed E-state index contributed by atoms with van der Waals surface area (Å²) in [7, 11) is 0. The second-order valence-electron chi connectivity index (χ2n) is 5.39. The topological polar surface area (TPSA) is 40.5 Å². The molecule has 1 saturated heterocycles. The Hall–Kier alpha value is -1.13. The van der Waals surface area contributed by atoms with Crippen LogP contribution in [-0.4, -0.2) is 28.6 Å². The summed E-state index contributed by atoms with van der Waals surface area (Å²) in [6.07, 6.45) is 5.47. The van der Waals surface area contributed by atoms with Crippen LogP contribution >= 0.6 is 11.3 Å². The molecule has 2 rings (SSSR count). The number of aliphatic carboxylic acids is 1. The van der Waals surface area contributed by atoms with Gasteiger partial charge in [0.05, 0.1) is 0 Å². The number of rotatable bonds is 5. The van der Waals surface area contributed by atoms with Gasteiger partial charge in [-0.1, -0.05) is 13.8 Å². The highest BCUT2D eigenvalue weighted by Gasteiger charge is 2.27. The molecule has 1 atom stereocenters. The molecule has 1 aliphatic rings. The van der Waals surface area contributed by atoms with E-state index in [1.54, 1.807) is 17.4 Å². The van der Waals surface area contributed by atoms with Gasteiger partial charge in [-0.25, -0.2) is 4.79 Å². The summed E-state index contributed by atoms with van der Waals surface area (Å²) < 4.78 is 0. The van der Waals surface area contributed by atoms with E-state index in [-0.39, 0.29) is 0 Å². The highest BCUT2D eigenvalue weighted by atomic mass is 32.1. The van der Waals surface area contributed by atoms with Crippen LogP contribution in [0.3, 0.4) is 0 Å². The van der Waals surface area contributed by atoms with Gasteiger partial charge in [-0.05, 0) is 48.4 Å². The van der Waals surface area contributed by atoms with Crippen LogP contribution < -0.4 is 0 Å². The Kier molecular flexibility index (Phi) is 4.77. The van der Waals surface area contributed by atoms with Gasteiger partial charge in [-0.3, -0.25) is 4.90 Å². The normalized spacial score (nSPS) is 20.7. The molecule has 0 saturated carbocycles. The number of nitrogens with zero attached hydrogens (tertiary/aromatic N) is 1. The Morgan fingerprint density at radius 3 is 3.11 bits per heavy atom. The van der Waals surface area contributed by atoms with Crippen molar-refractivity contribution in [2.45, 2.75) is 39.3 Å². The minimum atomic E-state index is -0.890. The number of carboxylic acids is 1. The van der Waals surface area contributed by atoms with E-state index in [1.165, 1.54) is 23.8 Å². The highest BCUT2D eigenvalue weighted by molar-refractivity contribution is 7.10.